The lowest BCUT2D eigenvalue weighted by atomic mass is 9.92. The van der Waals surface area contributed by atoms with Crippen LogP contribution in [0.4, 0.5) is 4.39 Å². The number of benzene rings is 2. The number of amides is 1. The predicted octanol–water partition coefficient (Wildman–Crippen LogP) is 4.69. The first-order valence-electron chi connectivity index (χ1n) is 10.4. The second-order valence-electron chi connectivity index (χ2n) is 7.83. The maximum atomic E-state index is 15.5. The number of fused-ring (bicyclic) bond motifs is 1. The first-order chi connectivity index (χ1) is 16.5. The van der Waals surface area contributed by atoms with Crippen molar-refractivity contribution in [1.29, 1.82) is 0 Å². The number of nitrogens with zero attached hydrogens (tertiary/aromatic N) is 1. The van der Waals surface area contributed by atoms with Crippen molar-refractivity contribution < 1.29 is 27.0 Å². The van der Waals surface area contributed by atoms with E-state index in [0.29, 0.717) is 21.6 Å². The fourth-order valence-corrected chi connectivity index (χ4v) is 5.06. The topological polar surface area (TPSA) is 143 Å². The molecule has 2 aromatic carbocycles. The minimum absolute atomic E-state index is 0.00438. The molecule has 0 saturated carbocycles. The largest absolute Gasteiger partial charge is 0.366 e. The zero-order chi connectivity index (χ0) is 25.5. The van der Waals surface area contributed by atoms with Crippen molar-refractivity contribution in [2.24, 2.45) is 5.73 Å². The number of nitrogens with two attached hydrogens (primary N) is 1. The summed E-state index contributed by atoms with van der Waals surface area (Å²) in [6.45, 7) is 1.46. The van der Waals surface area contributed by atoms with Crippen molar-refractivity contribution in [2.75, 3.05) is 0 Å². The lowest BCUT2D eigenvalue weighted by molar-refractivity contribution is 0.0996. The van der Waals surface area contributed by atoms with Gasteiger partial charge in [-0.2, -0.15) is 8.42 Å². The number of carbonyl (C=O) groups is 2. The molecule has 2 heterocycles. The van der Waals surface area contributed by atoms with Crippen LogP contribution in [0.3, 0.4) is 0 Å². The van der Waals surface area contributed by atoms with Gasteiger partial charge >= 0.3 is 0 Å². The molecular formula is C24H19ClFN3O5S. The average Bonchev–Trinajstić information content (AvgIpc) is 3.22. The van der Waals surface area contributed by atoms with Crippen LogP contribution in [0.5, 0.6) is 0 Å². The van der Waals surface area contributed by atoms with E-state index in [1.807, 2.05) is 0 Å². The highest BCUT2D eigenvalue weighted by atomic mass is 35.5. The van der Waals surface area contributed by atoms with Crippen molar-refractivity contribution in [3.8, 4) is 11.1 Å². The molecule has 0 aliphatic heterocycles. The summed E-state index contributed by atoms with van der Waals surface area (Å²) in [5.41, 5.74) is 5.47. The molecule has 0 aliphatic carbocycles. The molecule has 1 unspecified atom stereocenters. The van der Waals surface area contributed by atoms with Gasteiger partial charge in [0, 0.05) is 33.9 Å². The molecule has 8 nitrogen and oxygen atoms in total. The van der Waals surface area contributed by atoms with Crippen molar-refractivity contribution in [2.45, 2.75) is 18.6 Å². The van der Waals surface area contributed by atoms with E-state index in [9.17, 15) is 22.6 Å². The van der Waals surface area contributed by atoms with E-state index >= 15 is 4.39 Å². The average molecular weight is 516 g/mol. The van der Waals surface area contributed by atoms with Gasteiger partial charge in [-0.15, -0.1) is 0 Å². The van der Waals surface area contributed by atoms with Gasteiger partial charge in [0.05, 0.1) is 11.1 Å². The lowest BCUT2D eigenvalue weighted by Gasteiger charge is -2.17. The molecule has 180 valence electrons. The second-order valence-corrected chi connectivity index (χ2v) is 9.86. The highest BCUT2D eigenvalue weighted by Crippen LogP contribution is 2.34. The Balaban J connectivity index is 1.94. The predicted molar refractivity (Wildman–Crippen MR) is 129 cm³/mol. The van der Waals surface area contributed by atoms with Gasteiger partial charge in [0.15, 0.2) is 5.78 Å². The van der Waals surface area contributed by atoms with E-state index in [1.165, 1.54) is 13.1 Å². The number of H-pyrrole nitrogens is 1. The minimum Gasteiger partial charge on any atom is -0.366 e. The summed E-state index contributed by atoms with van der Waals surface area (Å²) in [6.07, 6.45) is 2.76. The van der Waals surface area contributed by atoms with Crippen molar-refractivity contribution in [3.05, 3.63) is 88.0 Å². The summed E-state index contributed by atoms with van der Waals surface area (Å²) in [4.78, 5) is 32.5. The van der Waals surface area contributed by atoms with E-state index < -0.39 is 44.0 Å². The van der Waals surface area contributed by atoms with Crippen molar-refractivity contribution in [1.82, 2.24) is 9.97 Å². The summed E-state index contributed by atoms with van der Waals surface area (Å²) >= 11 is 5.95. The smallest absolute Gasteiger partial charge is 0.272 e. The Morgan fingerprint density at radius 2 is 1.83 bits per heavy atom. The Bertz CT molecular complexity index is 1580. The monoisotopic (exact) mass is 515 g/mol. The SMILES string of the molecule is CCC(c1ccc(C(N)=O)c(F)c1C(=O)c1c[nH]c2ncc(-c3ccc(Cl)cc3)cc12)S(=O)(=O)O. The number of hydrogen-bond donors (Lipinski definition) is 3. The van der Waals surface area contributed by atoms with Crippen LogP contribution >= 0.6 is 11.6 Å². The fourth-order valence-electron chi connectivity index (χ4n) is 4.00. The van der Waals surface area contributed by atoms with Crippen LogP contribution in [-0.4, -0.2) is 34.6 Å². The third-order valence-electron chi connectivity index (χ3n) is 5.70. The normalized spacial score (nSPS) is 12.6. The molecule has 11 heteroatoms. The summed E-state index contributed by atoms with van der Waals surface area (Å²) in [5.74, 6) is -3.30. The number of aromatic amines is 1. The molecule has 2 aromatic heterocycles. The number of hydrogen-bond acceptors (Lipinski definition) is 5. The third kappa shape index (κ3) is 4.55. The van der Waals surface area contributed by atoms with Crippen molar-refractivity contribution in [3.63, 3.8) is 0 Å². The highest BCUT2D eigenvalue weighted by molar-refractivity contribution is 7.86. The van der Waals surface area contributed by atoms with Gasteiger partial charge in [-0.05, 0) is 41.8 Å². The van der Waals surface area contributed by atoms with E-state index in [4.69, 9.17) is 17.3 Å². The van der Waals surface area contributed by atoms with Gasteiger partial charge in [0.25, 0.3) is 16.0 Å². The van der Waals surface area contributed by atoms with Crippen LogP contribution in [0, 0.1) is 5.82 Å². The van der Waals surface area contributed by atoms with Crippen LogP contribution < -0.4 is 5.73 Å². The van der Waals surface area contributed by atoms with Crippen LogP contribution in [0.15, 0.2) is 54.9 Å². The molecule has 0 radical (unpaired) electrons. The molecule has 0 aliphatic rings. The van der Waals surface area contributed by atoms with E-state index in [1.54, 1.807) is 36.5 Å². The van der Waals surface area contributed by atoms with Gasteiger partial charge in [0.1, 0.15) is 16.7 Å². The quantitative estimate of drug-likeness (QED) is 0.240. The molecular weight excluding hydrogens is 497 g/mol. The molecule has 0 spiro atoms. The van der Waals surface area contributed by atoms with E-state index in [0.717, 1.165) is 17.7 Å². The zero-order valence-corrected chi connectivity index (χ0v) is 19.8. The van der Waals surface area contributed by atoms with Gasteiger partial charge in [-0.25, -0.2) is 9.37 Å². The Hall–Kier alpha value is -3.60. The maximum absolute atomic E-state index is 15.5. The first-order valence-corrected chi connectivity index (χ1v) is 12.3. The number of pyridine rings is 1. The molecule has 4 aromatic rings. The summed E-state index contributed by atoms with van der Waals surface area (Å²) < 4.78 is 49.2. The van der Waals surface area contributed by atoms with Crippen molar-refractivity contribution >= 4 is 44.4 Å². The number of rotatable bonds is 7. The fraction of sp³-hybridized carbons (Fsp3) is 0.125. The van der Waals surface area contributed by atoms with E-state index in [2.05, 4.69) is 9.97 Å². The summed E-state index contributed by atoms with van der Waals surface area (Å²) in [7, 11) is -4.70. The number of nitrogens with one attached hydrogen (secondary N) is 1. The standard InChI is InChI=1S/C24H19ClFN3O5S/c1-2-19(35(32,33)34)15-7-8-16(23(27)31)21(26)20(15)22(30)18-11-29-24-17(18)9-13(10-28-24)12-3-5-14(25)6-4-12/h3-11,19H,2H2,1H3,(H2,27,31)(H,28,29)(H,32,33,34). The minimum atomic E-state index is -4.70. The Morgan fingerprint density at radius 1 is 1.14 bits per heavy atom. The number of aromatic nitrogens is 2. The second kappa shape index (κ2) is 9.21. The number of primary amides is 1. The summed E-state index contributed by atoms with van der Waals surface area (Å²) in [5, 5.41) is -0.704. The molecule has 1 amide bonds. The van der Waals surface area contributed by atoms with Gasteiger partial charge < -0.3 is 10.7 Å². The first kappa shape index (κ1) is 24.5. The molecule has 4 rings (SSSR count). The molecule has 0 bridgehead atoms. The van der Waals surface area contributed by atoms with Crippen LogP contribution in [0.2, 0.25) is 5.02 Å². The third-order valence-corrected chi connectivity index (χ3v) is 7.26. The van der Waals surface area contributed by atoms with Crippen LogP contribution in [-0.2, 0) is 10.1 Å². The lowest BCUT2D eigenvalue weighted by Crippen LogP contribution is -2.21. The summed E-state index contributed by atoms with van der Waals surface area (Å²) in [6, 6.07) is 10.7. The molecule has 35 heavy (non-hydrogen) atoms. The Morgan fingerprint density at radius 3 is 2.43 bits per heavy atom. The van der Waals surface area contributed by atoms with E-state index in [-0.39, 0.29) is 17.5 Å². The molecule has 0 saturated heterocycles. The van der Waals surface area contributed by atoms with Gasteiger partial charge in [-0.3, -0.25) is 14.1 Å². The van der Waals surface area contributed by atoms with Crippen LogP contribution in [0.1, 0.15) is 50.4 Å². The number of halogens is 2. The van der Waals surface area contributed by atoms with Gasteiger partial charge in [0.2, 0.25) is 0 Å². The molecule has 4 N–H and O–H groups in total. The number of carbonyl (C=O) groups excluding carboxylic acids is 2. The molecule has 0 fully saturated rings. The number of ketones is 1. The Kier molecular flexibility index (Phi) is 6.46. The highest BCUT2D eigenvalue weighted by Gasteiger charge is 2.33. The molecule has 1 atom stereocenters. The zero-order valence-electron chi connectivity index (χ0n) is 18.2. The van der Waals surface area contributed by atoms with Crippen LogP contribution in [0.25, 0.3) is 22.2 Å². The Labute approximate surface area is 204 Å². The van der Waals surface area contributed by atoms with Gasteiger partial charge in [-0.1, -0.05) is 36.7 Å². The maximum Gasteiger partial charge on any atom is 0.272 e.